The third-order valence-electron chi connectivity index (χ3n) is 10.4. The quantitative estimate of drug-likeness (QED) is 0.0283. The van der Waals surface area contributed by atoms with E-state index in [0.717, 1.165) is 38.5 Å². The monoisotopic (exact) mass is 728 g/mol. The Kier molecular flexibility index (Phi) is 31.5. The predicted molar refractivity (Wildman–Crippen MR) is 207 cm³/mol. The summed E-state index contributed by atoms with van der Waals surface area (Å²) in [5, 5.41) is 54.0. The van der Waals surface area contributed by atoms with Crippen molar-refractivity contribution in [2.24, 2.45) is 0 Å². The van der Waals surface area contributed by atoms with E-state index in [1.54, 1.807) is 6.08 Å². The van der Waals surface area contributed by atoms with Crippen molar-refractivity contribution in [1.29, 1.82) is 0 Å². The van der Waals surface area contributed by atoms with Crippen LogP contribution in [-0.4, -0.2) is 87.5 Å². The van der Waals surface area contributed by atoms with E-state index < -0.39 is 49.5 Å². The lowest BCUT2D eigenvalue weighted by atomic mass is 9.99. The van der Waals surface area contributed by atoms with Gasteiger partial charge >= 0.3 is 0 Å². The fourth-order valence-electron chi connectivity index (χ4n) is 6.86. The highest BCUT2D eigenvalue weighted by atomic mass is 16.7. The topological polar surface area (TPSA) is 149 Å². The molecule has 1 amide bonds. The molecule has 302 valence electrons. The van der Waals surface area contributed by atoms with Crippen LogP contribution in [0.4, 0.5) is 0 Å². The zero-order chi connectivity index (χ0) is 37.4. The minimum absolute atomic E-state index is 0.176. The molecule has 1 heterocycles. The van der Waals surface area contributed by atoms with Gasteiger partial charge in [-0.1, -0.05) is 180 Å². The van der Waals surface area contributed by atoms with Crippen LogP contribution in [0.1, 0.15) is 194 Å². The number of aliphatic hydroxyl groups excluding tert-OH is 5. The van der Waals surface area contributed by atoms with Crippen LogP contribution in [0, 0.1) is 0 Å². The minimum Gasteiger partial charge on any atom is -0.394 e. The summed E-state index contributed by atoms with van der Waals surface area (Å²) in [6.45, 7) is 3.76. The van der Waals surface area contributed by atoms with Gasteiger partial charge in [0.1, 0.15) is 24.4 Å². The van der Waals surface area contributed by atoms with E-state index in [0.29, 0.717) is 6.42 Å². The Labute approximate surface area is 312 Å². The van der Waals surface area contributed by atoms with E-state index >= 15 is 0 Å². The van der Waals surface area contributed by atoms with Gasteiger partial charge < -0.3 is 40.3 Å². The first-order valence-corrected chi connectivity index (χ1v) is 21.4. The number of rotatable bonds is 35. The fraction of sp³-hybridized carbons (Fsp3) is 0.929. The van der Waals surface area contributed by atoms with Gasteiger partial charge in [0, 0.05) is 6.42 Å². The molecule has 1 aliphatic rings. The van der Waals surface area contributed by atoms with Crippen molar-refractivity contribution >= 4 is 5.91 Å². The third kappa shape index (κ3) is 24.8. The molecule has 0 aliphatic carbocycles. The molecule has 0 saturated carbocycles. The largest absolute Gasteiger partial charge is 0.394 e. The Bertz CT molecular complexity index is 812. The highest BCUT2D eigenvalue weighted by Crippen LogP contribution is 2.22. The second kappa shape index (κ2) is 33.5. The zero-order valence-electron chi connectivity index (χ0n) is 32.9. The molecule has 0 spiro atoms. The van der Waals surface area contributed by atoms with Crippen molar-refractivity contribution < 1.29 is 39.8 Å². The van der Waals surface area contributed by atoms with E-state index in [1.165, 1.54) is 135 Å². The van der Waals surface area contributed by atoms with Crippen LogP contribution in [0.5, 0.6) is 0 Å². The summed E-state index contributed by atoms with van der Waals surface area (Å²) in [5.74, 6) is -0.176. The zero-order valence-corrected chi connectivity index (χ0v) is 32.9. The third-order valence-corrected chi connectivity index (χ3v) is 10.4. The molecule has 51 heavy (non-hydrogen) atoms. The Morgan fingerprint density at radius 2 is 1.08 bits per heavy atom. The predicted octanol–water partition coefficient (Wildman–Crippen LogP) is 8.17. The first kappa shape index (κ1) is 48.0. The maximum absolute atomic E-state index is 12.9. The van der Waals surface area contributed by atoms with E-state index in [4.69, 9.17) is 9.47 Å². The van der Waals surface area contributed by atoms with Crippen LogP contribution in [0.15, 0.2) is 12.2 Å². The van der Waals surface area contributed by atoms with Crippen molar-refractivity contribution in [1.82, 2.24) is 5.32 Å². The lowest BCUT2D eigenvalue weighted by Gasteiger charge is -2.40. The van der Waals surface area contributed by atoms with Gasteiger partial charge in [-0.2, -0.15) is 0 Å². The van der Waals surface area contributed by atoms with E-state index in [1.807, 2.05) is 6.08 Å². The molecule has 0 bridgehead atoms. The Morgan fingerprint density at radius 1 is 0.647 bits per heavy atom. The van der Waals surface area contributed by atoms with Crippen molar-refractivity contribution in [3.63, 3.8) is 0 Å². The molecular weight excluding hydrogens is 646 g/mol. The number of unbranched alkanes of at least 4 members (excludes halogenated alkanes) is 25. The molecule has 9 nitrogen and oxygen atoms in total. The number of allylic oxidation sites excluding steroid dienone is 1. The average molecular weight is 728 g/mol. The van der Waals surface area contributed by atoms with Crippen molar-refractivity contribution in [3.05, 3.63) is 12.2 Å². The maximum Gasteiger partial charge on any atom is 0.220 e. The standard InChI is InChI=1S/C42H81NO8/c1-3-5-7-9-11-13-15-17-18-20-22-24-26-28-30-32-38(46)43-35(34-50-42-41(49)40(48)39(47)37(33-44)51-42)36(45)31-29-27-25-23-21-19-16-14-12-10-8-6-4-2/h29,31,35-37,39-42,44-45,47-49H,3-28,30,32-34H2,1-2H3,(H,43,46)/t35-,36+,37?,39?,40?,41?,42?/m0/s1. The average Bonchev–Trinajstić information content (AvgIpc) is 3.13. The Hall–Kier alpha value is -1.07. The molecule has 0 aromatic carbocycles. The first-order chi connectivity index (χ1) is 24.8. The number of aliphatic hydroxyl groups is 5. The van der Waals surface area contributed by atoms with Gasteiger partial charge in [0.2, 0.25) is 5.91 Å². The van der Waals surface area contributed by atoms with E-state index in [9.17, 15) is 30.3 Å². The lowest BCUT2D eigenvalue weighted by Crippen LogP contribution is -2.60. The Balaban J connectivity index is 2.39. The molecule has 5 unspecified atom stereocenters. The molecule has 9 heteroatoms. The molecule has 1 fully saturated rings. The van der Waals surface area contributed by atoms with E-state index in [-0.39, 0.29) is 12.5 Å². The normalized spacial score (nSPS) is 22.1. The van der Waals surface area contributed by atoms with Gasteiger partial charge in [0.05, 0.1) is 25.4 Å². The summed E-state index contributed by atoms with van der Waals surface area (Å²) < 4.78 is 11.2. The molecule has 1 aliphatic heterocycles. The molecular formula is C42H81NO8. The fourth-order valence-corrected chi connectivity index (χ4v) is 6.86. The maximum atomic E-state index is 12.9. The van der Waals surface area contributed by atoms with Gasteiger partial charge in [-0.05, 0) is 19.3 Å². The second-order valence-corrected chi connectivity index (χ2v) is 15.1. The van der Waals surface area contributed by atoms with Crippen LogP contribution in [0.2, 0.25) is 0 Å². The van der Waals surface area contributed by atoms with Crippen LogP contribution < -0.4 is 5.32 Å². The Morgan fingerprint density at radius 3 is 1.53 bits per heavy atom. The lowest BCUT2D eigenvalue weighted by molar-refractivity contribution is -0.302. The summed E-state index contributed by atoms with van der Waals surface area (Å²) >= 11 is 0. The minimum atomic E-state index is -1.56. The molecule has 0 aromatic rings. The van der Waals surface area contributed by atoms with Crippen molar-refractivity contribution in [3.8, 4) is 0 Å². The van der Waals surface area contributed by atoms with E-state index in [2.05, 4.69) is 19.2 Å². The van der Waals surface area contributed by atoms with Gasteiger partial charge in [-0.3, -0.25) is 4.79 Å². The summed E-state index contributed by atoms with van der Waals surface area (Å²) in [6.07, 6.45) is 29.6. The van der Waals surface area contributed by atoms with Gasteiger partial charge in [-0.25, -0.2) is 0 Å². The number of ether oxygens (including phenoxy) is 2. The first-order valence-electron chi connectivity index (χ1n) is 21.4. The highest BCUT2D eigenvalue weighted by molar-refractivity contribution is 5.76. The highest BCUT2D eigenvalue weighted by Gasteiger charge is 2.44. The summed E-state index contributed by atoms with van der Waals surface area (Å²) in [6, 6.07) is -0.796. The van der Waals surface area contributed by atoms with Crippen LogP contribution in [0.3, 0.4) is 0 Å². The number of amides is 1. The number of carbonyl (C=O) groups is 1. The van der Waals surface area contributed by atoms with Crippen LogP contribution in [0.25, 0.3) is 0 Å². The molecule has 0 radical (unpaired) electrons. The molecule has 0 aromatic heterocycles. The number of hydrogen-bond acceptors (Lipinski definition) is 8. The number of nitrogens with one attached hydrogen (secondary N) is 1. The molecule has 7 atom stereocenters. The smallest absolute Gasteiger partial charge is 0.220 e. The number of hydrogen-bond donors (Lipinski definition) is 6. The molecule has 6 N–H and O–H groups in total. The second-order valence-electron chi connectivity index (χ2n) is 15.1. The van der Waals surface area contributed by atoms with Gasteiger partial charge in [0.15, 0.2) is 6.29 Å². The molecule has 1 saturated heterocycles. The summed E-state index contributed by atoms with van der Waals surface area (Å²) in [4.78, 5) is 12.9. The summed E-state index contributed by atoms with van der Waals surface area (Å²) in [7, 11) is 0. The van der Waals surface area contributed by atoms with Crippen LogP contribution in [-0.2, 0) is 14.3 Å². The van der Waals surface area contributed by atoms with Gasteiger partial charge in [-0.15, -0.1) is 0 Å². The SMILES string of the molecule is CCCCCCCCCCCCCC=C[C@@H](O)[C@H](COC1OC(CO)C(O)C(O)C1O)NC(=O)CCCCCCCCCCCCCCCCC. The molecule has 1 rings (SSSR count). The number of carbonyl (C=O) groups excluding carboxylic acids is 1. The van der Waals surface area contributed by atoms with Gasteiger partial charge in [0.25, 0.3) is 0 Å². The van der Waals surface area contributed by atoms with Crippen molar-refractivity contribution in [2.75, 3.05) is 13.2 Å². The van der Waals surface area contributed by atoms with Crippen molar-refractivity contribution in [2.45, 2.75) is 236 Å². The van der Waals surface area contributed by atoms with Crippen LogP contribution >= 0.6 is 0 Å². The summed E-state index contributed by atoms with van der Waals surface area (Å²) in [5.41, 5.74) is 0.